The van der Waals surface area contributed by atoms with Gasteiger partial charge in [-0.2, -0.15) is 17.5 Å². The number of hydrogen-bond acceptors (Lipinski definition) is 2. The highest BCUT2D eigenvalue weighted by Crippen LogP contribution is 2.39. The molecule has 0 aromatic heterocycles. The first-order valence-electron chi connectivity index (χ1n) is 10.4. The molecule has 30 heavy (non-hydrogen) atoms. The highest BCUT2D eigenvalue weighted by molar-refractivity contribution is 7.89. The van der Waals surface area contributed by atoms with Crippen LogP contribution in [0.5, 0.6) is 0 Å². The van der Waals surface area contributed by atoms with Crippen LogP contribution in [-0.4, -0.2) is 32.0 Å². The summed E-state index contributed by atoms with van der Waals surface area (Å²) in [7, 11) is -3.82. The summed E-state index contributed by atoms with van der Waals surface area (Å²) in [6.07, 6.45) is -0.566. The molecule has 2 aromatic rings. The molecular weight excluding hydrogens is 411 g/mol. The Morgan fingerprint density at radius 3 is 2.07 bits per heavy atom. The van der Waals surface area contributed by atoms with E-state index in [0.29, 0.717) is 30.5 Å². The molecule has 1 aliphatic carbocycles. The Bertz CT molecular complexity index is 953. The van der Waals surface area contributed by atoms with Gasteiger partial charge in [-0.3, -0.25) is 0 Å². The maximum atomic E-state index is 13.9. The zero-order valence-corrected chi connectivity index (χ0v) is 17.5. The normalized spacial score (nSPS) is 23.8. The summed E-state index contributed by atoms with van der Waals surface area (Å²) in [5.74, 6) is -1.05. The van der Waals surface area contributed by atoms with Crippen molar-refractivity contribution in [2.45, 2.75) is 49.1 Å². The van der Waals surface area contributed by atoms with Gasteiger partial charge in [0.15, 0.2) is 0 Å². The van der Waals surface area contributed by atoms with Crippen molar-refractivity contribution in [2.24, 2.45) is 11.8 Å². The Morgan fingerprint density at radius 2 is 1.50 bits per heavy atom. The Balaban J connectivity index is 1.64. The van der Waals surface area contributed by atoms with Gasteiger partial charge < -0.3 is 0 Å². The molecule has 0 spiro atoms. The maximum absolute atomic E-state index is 13.9. The summed E-state index contributed by atoms with van der Waals surface area (Å²) in [5.41, 5.74) is 0.558. The van der Waals surface area contributed by atoms with Crippen LogP contribution >= 0.6 is 0 Å². The van der Waals surface area contributed by atoms with E-state index in [9.17, 15) is 21.6 Å². The van der Waals surface area contributed by atoms with E-state index in [2.05, 4.69) is 0 Å². The highest BCUT2D eigenvalue weighted by Gasteiger charge is 2.41. The first-order chi connectivity index (χ1) is 14.2. The van der Waals surface area contributed by atoms with E-state index in [0.717, 1.165) is 25.7 Å². The zero-order chi connectivity index (χ0) is 21.4. The first kappa shape index (κ1) is 21.4. The molecule has 1 atom stereocenters. The molecule has 2 aromatic carbocycles. The first-order valence-corrected chi connectivity index (χ1v) is 11.9. The number of benzene rings is 2. The van der Waals surface area contributed by atoms with Crippen LogP contribution in [0.4, 0.5) is 13.2 Å². The summed E-state index contributed by atoms with van der Waals surface area (Å²) >= 11 is 0. The van der Waals surface area contributed by atoms with Gasteiger partial charge >= 0.3 is 6.18 Å². The monoisotopic (exact) mass is 437 g/mol. The van der Waals surface area contributed by atoms with E-state index in [1.54, 1.807) is 30.3 Å². The minimum atomic E-state index is -4.47. The number of alkyl halides is 3. The van der Waals surface area contributed by atoms with Gasteiger partial charge in [0.2, 0.25) is 10.0 Å². The van der Waals surface area contributed by atoms with Gasteiger partial charge in [-0.1, -0.05) is 42.5 Å². The molecule has 3 fully saturated rings. The number of sulfonamides is 1. The molecule has 2 aliphatic heterocycles. The van der Waals surface area contributed by atoms with Gasteiger partial charge in [0.25, 0.3) is 0 Å². The van der Waals surface area contributed by atoms with Crippen LogP contribution in [-0.2, 0) is 16.4 Å². The van der Waals surface area contributed by atoms with E-state index in [1.807, 2.05) is 0 Å². The fraction of sp³-hybridized carbons (Fsp3) is 0.478. The zero-order valence-electron chi connectivity index (χ0n) is 16.7. The van der Waals surface area contributed by atoms with Crippen molar-refractivity contribution in [3.63, 3.8) is 0 Å². The Kier molecular flexibility index (Phi) is 5.95. The molecule has 0 amide bonds. The predicted octanol–water partition coefficient (Wildman–Crippen LogP) is 5.39. The Hall–Kier alpha value is -1.86. The van der Waals surface area contributed by atoms with Crippen molar-refractivity contribution in [3.05, 3.63) is 65.7 Å². The largest absolute Gasteiger partial charge is 0.396 e. The molecular formula is C23H26F3NO2S. The minimum absolute atomic E-state index is 0.00905. The SMILES string of the molecule is O=S(=O)(c1cccc(C(Cc2ccccc2)C(F)(F)F)c1)N1CC2CCC(CC2)C1. The van der Waals surface area contributed by atoms with Crippen molar-refractivity contribution in [1.82, 2.24) is 4.31 Å². The molecule has 0 N–H and O–H groups in total. The van der Waals surface area contributed by atoms with Crippen LogP contribution in [0, 0.1) is 11.8 Å². The summed E-state index contributed by atoms with van der Waals surface area (Å²) in [5, 5.41) is 0. The van der Waals surface area contributed by atoms with Crippen LogP contribution < -0.4 is 0 Å². The molecule has 5 rings (SSSR count). The highest BCUT2D eigenvalue weighted by atomic mass is 32.2. The van der Waals surface area contributed by atoms with Crippen molar-refractivity contribution in [3.8, 4) is 0 Å². The van der Waals surface area contributed by atoms with E-state index in [4.69, 9.17) is 0 Å². The second kappa shape index (κ2) is 8.35. The second-order valence-electron chi connectivity index (χ2n) is 8.57. The van der Waals surface area contributed by atoms with Crippen molar-refractivity contribution in [2.75, 3.05) is 13.1 Å². The fourth-order valence-corrected chi connectivity index (χ4v) is 6.40. The van der Waals surface area contributed by atoms with Gasteiger partial charge in [0.1, 0.15) is 0 Å². The molecule has 162 valence electrons. The summed E-state index contributed by atoms with van der Waals surface area (Å²) in [6.45, 7) is 0.936. The van der Waals surface area contributed by atoms with Crippen molar-refractivity contribution in [1.29, 1.82) is 0 Å². The van der Waals surface area contributed by atoms with E-state index >= 15 is 0 Å². The second-order valence-corrected chi connectivity index (χ2v) is 10.5. The molecule has 2 saturated heterocycles. The van der Waals surface area contributed by atoms with Gasteiger partial charge in [0.05, 0.1) is 10.8 Å². The molecule has 7 heteroatoms. The number of nitrogens with zero attached hydrogens (tertiary/aromatic N) is 1. The fourth-order valence-electron chi connectivity index (χ4n) is 4.76. The van der Waals surface area contributed by atoms with E-state index in [-0.39, 0.29) is 16.9 Å². The third kappa shape index (κ3) is 4.57. The van der Waals surface area contributed by atoms with Crippen molar-refractivity contribution >= 4 is 10.0 Å². The molecule has 2 heterocycles. The number of hydrogen-bond donors (Lipinski definition) is 0. The van der Waals surface area contributed by atoms with E-state index < -0.39 is 22.1 Å². The Labute approximate surface area is 176 Å². The lowest BCUT2D eigenvalue weighted by molar-refractivity contribution is -0.150. The summed E-state index contributed by atoms with van der Waals surface area (Å²) in [4.78, 5) is -0.0383. The minimum Gasteiger partial charge on any atom is -0.207 e. The Morgan fingerprint density at radius 1 is 0.900 bits per heavy atom. The maximum Gasteiger partial charge on any atom is 0.396 e. The van der Waals surface area contributed by atoms with Crippen LogP contribution in [0.3, 0.4) is 0 Å². The van der Waals surface area contributed by atoms with Gasteiger partial charge in [-0.15, -0.1) is 0 Å². The van der Waals surface area contributed by atoms with Crippen LogP contribution in [0.15, 0.2) is 59.5 Å². The van der Waals surface area contributed by atoms with E-state index in [1.165, 1.54) is 28.6 Å². The molecule has 2 bridgehead atoms. The third-order valence-electron chi connectivity index (χ3n) is 6.47. The van der Waals surface area contributed by atoms with Crippen LogP contribution in [0.2, 0.25) is 0 Å². The quantitative estimate of drug-likeness (QED) is 0.629. The topological polar surface area (TPSA) is 37.4 Å². The molecule has 3 nitrogen and oxygen atoms in total. The number of halogens is 3. The summed E-state index contributed by atoms with van der Waals surface area (Å²) in [6, 6.07) is 13.9. The van der Waals surface area contributed by atoms with Gasteiger partial charge in [-0.05, 0) is 67.2 Å². The smallest absolute Gasteiger partial charge is 0.207 e. The predicted molar refractivity (Wildman–Crippen MR) is 110 cm³/mol. The standard InChI is InChI=1S/C23H26F3NO2S/c24-23(25,26)22(13-17-5-2-1-3-6-17)20-7-4-8-21(14-20)30(28,29)27-15-18-9-10-19(16-27)12-11-18/h1-8,14,18-19,22H,9-13,15-16H2. The average molecular weight is 438 g/mol. The van der Waals surface area contributed by atoms with Gasteiger partial charge in [-0.25, -0.2) is 8.42 Å². The molecule has 3 aliphatic rings. The molecule has 1 unspecified atom stereocenters. The lowest BCUT2D eigenvalue weighted by Gasteiger charge is -2.24. The lowest BCUT2D eigenvalue weighted by Crippen LogP contribution is -2.35. The lowest BCUT2D eigenvalue weighted by atomic mass is 9.84. The summed E-state index contributed by atoms with van der Waals surface area (Å²) < 4.78 is 69.7. The van der Waals surface area contributed by atoms with Crippen LogP contribution in [0.25, 0.3) is 0 Å². The van der Waals surface area contributed by atoms with Gasteiger partial charge in [0, 0.05) is 13.1 Å². The number of rotatable bonds is 5. The van der Waals surface area contributed by atoms with Crippen molar-refractivity contribution < 1.29 is 21.6 Å². The number of fused-ring (bicyclic) bond motifs is 4. The van der Waals surface area contributed by atoms with Crippen LogP contribution in [0.1, 0.15) is 42.7 Å². The third-order valence-corrected chi connectivity index (χ3v) is 8.29. The average Bonchev–Trinajstić information content (AvgIpc) is 3.07. The molecule has 0 radical (unpaired) electrons. The molecule has 1 saturated carbocycles.